The molecule has 0 aliphatic rings. The van der Waals surface area contributed by atoms with Gasteiger partial charge >= 0.3 is 0 Å². The molecule has 0 spiro atoms. The highest BCUT2D eigenvalue weighted by atomic mass is 19.1. The van der Waals surface area contributed by atoms with Crippen molar-refractivity contribution in [3.05, 3.63) is 59.4 Å². The molecule has 2 aromatic carbocycles. The smallest absolute Gasteiger partial charge is 0.129 e. The second-order valence-electron chi connectivity index (χ2n) is 4.33. The van der Waals surface area contributed by atoms with Gasteiger partial charge in [0, 0.05) is 18.7 Å². The number of hydrogen-bond donors (Lipinski definition) is 0. The van der Waals surface area contributed by atoms with Crippen LogP contribution >= 0.6 is 0 Å². The standard InChI is InChI=1S/C16H17FO3/c1-18-10-12-7-14(19-2)9-15(8-12)20-11-13-5-3-4-6-16(13)17/h3-9H,10-11H2,1-2H3. The van der Waals surface area contributed by atoms with Gasteiger partial charge < -0.3 is 14.2 Å². The Hall–Kier alpha value is -2.07. The zero-order chi connectivity index (χ0) is 14.4. The number of methoxy groups -OCH3 is 2. The van der Waals surface area contributed by atoms with E-state index in [1.165, 1.54) is 6.07 Å². The molecule has 0 atom stereocenters. The fourth-order valence-electron chi connectivity index (χ4n) is 1.86. The molecular weight excluding hydrogens is 259 g/mol. The maximum Gasteiger partial charge on any atom is 0.129 e. The Bertz CT molecular complexity index is 569. The fraction of sp³-hybridized carbons (Fsp3) is 0.250. The van der Waals surface area contributed by atoms with Crippen molar-refractivity contribution in [2.75, 3.05) is 14.2 Å². The van der Waals surface area contributed by atoms with Crippen LogP contribution in [0.1, 0.15) is 11.1 Å². The van der Waals surface area contributed by atoms with Gasteiger partial charge in [-0.1, -0.05) is 18.2 Å². The Morgan fingerprint density at radius 1 is 0.950 bits per heavy atom. The molecule has 0 saturated carbocycles. The molecule has 0 N–H and O–H groups in total. The molecule has 0 radical (unpaired) electrons. The van der Waals surface area contributed by atoms with Gasteiger partial charge in [0.1, 0.15) is 23.9 Å². The van der Waals surface area contributed by atoms with Crippen molar-refractivity contribution < 1.29 is 18.6 Å². The molecular formula is C16H17FO3. The van der Waals surface area contributed by atoms with Gasteiger partial charge in [0.25, 0.3) is 0 Å². The average Bonchev–Trinajstić information content (AvgIpc) is 2.46. The number of hydrogen-bond acceptors (Lipinski definition) is 3. The number of halogens is 1. The maximum atomic E-state index is 13.5. The lowest BCUT2D eigenvalue weighted by molar-refractivity contribution is 0.184. The van der Waals surface area contributed by atoms with Crippen LogP contribution in [-0.4, -0.2) is 14.2 Å². The van der Waals surface area contributed by atoms with Gasteiger partial charge in [-0.2, -0.15) is 0 Å². The van der Waals surface area contributed by atoms with Crippen LogP contribution in [0.2, 0.25) is 0 Å². The zero-order valence-corrected chi connectivity index (χ0v) is 11.6. The van der Waals surface area contributed by atoms with Gasteiger partial charge in [-0.05, 0) is 23.8 Å². The summed E-state index contributed by atoms with van der Waals surface area (Å²) in [5.41, 5.74) is 1.46. The first-order valence-corrected chi connectivity index (χ1v) is 6.26. The van der Waals surface area contributed by atoms with Crippen molar-refractivity contribution in [3.63, 3.8) is 0 Å². The summed E-state index contributed by atoms with van der Waals surface area (Å²) in [6.07, 6.45) is 0. The average molecular weight is 276 g/mol. The third kappa shape index (κ3) is 3.71. The Balaban J connectivity index is 2.12. The highest BCUT2D eigenvalue weighted by molar-refractivity contribution is 5.38. The van der Waals surface area contributed by atoms with E-state index in [9.17, 15) is 4.39 Å². The van der Waals surface area contributed by atoms with E-state index in [1.54, 1.807) is 38.5 Å². The maximum absolute atomic E-state index is 13.5. The molecule has 2 aromatic rings. The Labute approximate surface area is 117 Å². The molecule has 0 unspecified atom stereocenters. The van der Waals surface area contributed by atoms with Crippen LogP contribution in [-0.2, 0) is 18.0 Å². The predicted octanol–water partition coefficient (Wildman–Crippen LogP) is 3.56. The summed E-state index contributed by atoms with van der Waals surface area (Å²) in [7, 11) is 3.21. The molecule has 0 amide bonds. The summed E-state index contributed by atoms with van der Waals surface area (Å²) in [6, 6.07) is 12.0. The van der Waals surface area contributed by atoms with Crippen molar-refractivity contribution in [1.82, 2.24) is 0 Å². The molecule has 0 aliphatic carbocycles. The van der Waals surface area contributed by atoms with E-state index in [4.69, 9.17) is 14.2 Å². The molecule has 0 aromatic heterocycles. The van der Waals surface area contributed by atoms with Gasteiger partial charge in [-0.25, -0.2) is 4.39 Å². The monoisotopic (exact) mass is 276 g/mol. The minimum atomic E-state index is -0.271. The van der Waals surface area contributed by atoms with E-state index in [0.29, 0.717) is 23.7 Å². The lowest BCUT2D eigenvalue weighted by Crippen LogP contribution is -1.99. The molecule has 0 aliphatic heterocycles. The molecule has 2 rings (SSSR count). The second-order valence-corrected chi connectivity index (χ2v) is 4.33. The minimum absolute atomic E-state index is 0.173. The molecule has 0 heterocycles. The third-order valence-electron chi connectivity index (χ3n) is 2.84. The molecule has 3 nitrogen and oxygen atoms in total. The molecule has 0 bridgehead atoms. The summed E-state index contributed by atoms with van der Waals surface area (Å²) < 4.78 is 29.4. The van der Waals surface area contributed by atoms with E-state index >= 15 is 0 Å². The Morgan fingerprint density at radius 2 is 1.70 bits per heavy atom. The molecule has 0 saturated heterocycles. The minimum Gasteiger partial charge on any atom is -0.497 e. The van der Waals surface area contributed by atoms with Crippen LogP contribution < -0.4 is 9.47 Å². The van der Waals surface area contributed by atoms with Crippen molar-refractivity contribution in [3.8, 4) is 11.5 Å². The van der Waals surface area contributed by atoms with Crippen LogP contribution in [0.3, 0.4) is 0 Å². The Morgan fingerprint density at radius 3 is 2.40 bits per heavy atom. The van der Waals surface area contributed by atoms with Crippen molar-refractivity contribution in [1.29, 1.82) is 0 Å². The van der Waals surface area contributed by atoms with Crippen molar-refractivity contribution in [2.24, 2.45) is 0 Å². The SMILES string of the molecule is COCc1cc(OC)cc(OCc2ccccc2F)c1. The molecule has 106 valence electrons. The Kier molecular flexibility index (Phi) is 4.96. The summed E-state index contributed by atoms with van der Waals surface area (Å²) in [5.74, 6) is 1.04. The van der Waals surface area contributed by atoms with Crippen LogP contribution in [0.15, 0.2) is 42.5 Å². The zero-order valence-electron chi connectivity index (χ0n) is 11.6. The summed E-state index contributed by atoms with van der Waals surface area (Å²) in [5, 5.41) is 0. The second kappa shape index (κ2) is 6.91. The van der Waals surface area contributed by atoms with E-state index in [2.05, 4.69) is 0 Å². The molecule has 0 fully saturated rings. The molecule has 4 heteroatoms. The number of rotatable bonds is 6. The van der Waals surface area contributed by atoms with Crippen LogP contribution in [0.5, 0.6) is 11.5 Å². The normalized spacial score (nSPS) is 10.3. The van der Waals surface area contributed by atoms with Crippen molar-refractivity contribution in [2.45, 2.75) is 13.2 Å². The van der Waals surface area contributed by atoms with Gasteiger partial charge in [-0.15, -0.1) is 0 Å². The van der Waals surface area contributed by atoms with E-state index in [-0.39, 0.29) is 12.4 Å². The lowest BCUT2D eigenvalue weighted by Gasteiger charge is -2.11. The van der Waals surface area contributed by atoms with Crippen LogP contribution in [0.4, 0.5) is 4.39 Å². The van der Waals surface area contributed by atoms with Gasteiger partial charge in [0.15, 0.2) is 0 Å². The summed E-state index contributed by atoms with van der Waals surface area (Å²) >= 11 is 0. The first kappa shape index (κ1) is 14.3. The first-order chi connectivity index (χ1) is 9.72. The lowest BCUT2D eigenvalue weighted by atomic mass is 10.2. The topological polar surface area (TPSA) is 27.7 Å². The first-order valence-electron chi connectivity index (χ1n) is 6.26. The number of ether oxygens (including phenoxy) is 3. The van der Waals surface area contributed by atoms with Crippen LogP contribution in [0.25, 0.3) is 0 Å². The number of benzene rings is 2. The fourth-order valence-corrected chi connectivity index (χ4v) is 1.86. The molecule has 20 heavy (non-hydrogen) atoms. The van der Waals surface area contributed by atoms with Gasteiger partial charge in [0.2, 0.25) is 0 Å². The highest BCUT2D eigenvalue weighted by Crippen LogP contribution is 2.24. The van der Waals surface area contributed by atoms with Crippen molar-refractivity contribution >= 4 is 0 Å². The van der Waals surface area contributed by atoms with E-state index < -0.39 is 0 Å². The third-order valence-corrected chi connectivity index (χ3v) is 2.84. The van der Waals surface area contributed by atoms with Gasteiger partial charge in [0.05, 0.1) is 13.7 Å². The summed E-state index contributed by atoms with van der Waals surface area (Å²) in [4.78, 5) is 0. The predicted molar refractivity (Wildman–Crippen MR) is 74.4 cm³/mol. The van der Waals surface area contributed by atoms with E-state index in [0.717, 1.165) is 5.56 Å². The summed E-state index contributed by atoms with van der Waals surface area (Å²) in [6.45, 7) is 0.638. The highest BCUT2D eigenvalue weighted by Gasteiger charge is 2.05. The van der Waals surface area contributed by atoms with E-state index in [1.807, 2.05) is 12.1 Å². The quantitative estimate of drug-likeness (QED) is 0.807. The van der Waals surface area contributed by atoms with Crippen LogP contribution in [0, 0.1) is 5.82 Å². The largest absolute Gasteiger partial charge is 0.497 e. The van der Waals surface area contributed by atoms with Gasteiger partial charge in [-0.3, -0.25) is 0 Å².